The van der Waals surface area contributed by atoms with Crippen molar-refractivity contribution in [1.29, 1.82) is 0 Å². The maximum absolute atomic E-state index is 10.6. The minimum Gasteiger partial charge on any atom is -0.388 e. The predicted octanol–water partition coefficient (Wildman–Crippen LogP) is -3.42. The topological polar surface area (TPSA) is 188 Å². The molecule has 3 aliphatic rings. The van der Waals surface area contributed by atoms with E-state index >= 15 is 0 Å². The Kier molecular flexibility index (Phi) is 7.94. The standard InChI is InChI=1S/C19H34O12/c1-5-10(21)12(23)16(7(3)27-5)30-19-15(26)13(24)17(8(4)29-19)31-18-14(25)11(22)9(20)6(2)28-18/h5-26H,1-4H3/t5-,6?,7?,8?,9?,10?,11+,12-,13-,14?,15?,16?,17?,18-,19-/m1/s1. The van der Waals surface area contributed by atoms with E-state index in [1.807, 2.05) is 0 Å². The molecule has 15 atom stereocenters. The van der Waals surface area contributed by atoms with Gasteiger partial charge in [0, 0.05) is 0 Å². The van der Waals surface area contributed by atoms with Crippen molar-refractivity contribution in [2.45, 2.75) is 120 Å². The molecule has 12 heteroatoms. The first kappa shape index (κ1) is 25.1. The minimum atomic E-state index is -1.61. The molecule has 7 N–H and O–H groups in total. The average molecular weight is 454 g/mol. The third-order valence-corrected chi connectivity index (χ3v) is 6.23. The third-order valence-electron chi connectivity index (χ3n) is 6.23. The molecule has 0 aliphatic carbocycles. The molecule has 12 nitrogen and oxygen atoms in total. The Morgan fingerprint density at radius 3 is 1.32 bits per heavy atom. The van der Waals surface area contributed by atoms with Crippen molar-refractivity contribution in [3.8, 4) is 0 Å². The Balaban J connectivity index is 1.65. The zero-order valence-corrected chi connectivity index (χ0v) is 17.8. The third kappa shape index (κ3) is 4.90. The molecular weight excluding hydrogens is 420 g/mol. The predicted molar refractivity (Wildman–Crippen MR) is 100 cm³/mol. The first-order valence-corrected chi connectivity index (χ1v) is 10.5. The van der Waals surface area contributed by atoms with Gasteiger partial charge in [-0.05, 0) is 27.7 Å². The van der Waals surface area contributed by atoms with E-state index in [1.165, 1.54) is 13.8 Å². The number of hydrogen-bond donors (Lipinski definition) is 7. The van der Waals surface area contributed by atoms with Crippen molar-refractivity contribution >= 4 is 0 Å². The lowest BCUT2D eigenvalue weighted by Gasteiger charge is -2.47. The molecule has 0 saturated carbocycles. The van der Waals surface area contributed by atoms with Crippen LogP contribution in [0.2, 0.25) is 0 Å². The van der Waals surface area contributed by atoms with Crippen molar-refractivity contribution in [3.63, 3.8) is 0 Å². The molecule has 0 aromatic carbocycles. The van der Waals surface area contributed by atoms with Crippen LogP contribution in [0.5, 0.6) is 0 Å². The molecule has 0 bridgehead atoms. The molecule has 3 aliphatic heterocycles. The Morgan fingerprint density at radius 1 is 0.419 bits per heavy atom. The van der Waals surface area contributed by atoms with E-state index in [4.69, 9.17) is 23.7 Å². The van der Waals surface area contributed by atoms with Crippen LogP contribution in [0.4, 0.5) is 0 Å². The highest BCUT2D eigenvalue weighted by Crippen LogP contribution is 2.32. The van der Waals surface area contributed by atoms with E-state index in [9.17, 15) is 35.7 Å². The first-order chi connectivity index (χ1) is 14.4. The molecule has 0 spiro atoms. The fourth-order valence-electron chi connectivity index (χ4n) is 4.18. The van der Waals surface area contributed by atoms with Gasteiger partial charge in [0.1, 0.15) is 54.9 Å². The molecule has 0 aromatic rings. The zero-order valence-electron chi connectivity index (χ0n) is 17.8. The number of hydrogen-bond acceptors (Lipinski definition) is 12. The molecule has 0 amide bonds. The van der Waals surface area contributed by atoms with Crippen LogP contribution in [0.15, 0.2) is 0 Å². The monoisotopic (exact) mass is 454 g/mol. The quantitative estimate of drug-likeness (QED) is 0.223. The smallest absolute Gasteiger partial charge is 0.187 e. The van der Waals surface area contributed by atoms with Crippen LogP contribution in [0.3, 0.4) is 0 Å². The summed E-state index contributed by atoms with van der Waals surface area (Å²) >= 11 is 0. The van der Waals surface area contributed by atoms with Gasteiger partial charge in [-0.3, -0.25) is 0 Å². The van der Waals surface area contributed by atoms with Gasteiger partial charge in [0.2, 0.25) is 0 Å². The number of ether oxygens (including phenoxy) is 5. The Labute approximate surface area is 179 Å². The summed E-state index contributed by atoms with van der Waals surface area (Å²) in [7, 11) is 0. The van der Waals surface area contributed by atoms with Crippen LogP contribution in [-0.2, 0) is 23.7 Å². The van der Waals surface area contributed by atoms with Crippen LogP contribution in [0.25, 0.3) is 0 Å². The van der Waals surface area contributed by atoms with Crippen molar-refractivity contribution in [3.05, 3.63) is 0 Å². The number of aliphatic hydroxyl groups is 7. The summed E-state index contributed by atoms with van der Waals surface area (Å²) in [4.78, 5) is 0. The lowest BCUT2D eigenvalue weighted by Crippen LogP contribution is -2.64. The van der Waals surface area contributed by atoms with Gasteiger partial charge in [-0.1, -0.05) is 0 Å². The number of aliphatic hydroxyl groups excluding tert-OH is 7. The maximum Gasteiger partial charge on any atom is 0.187 e. The van der Waals surface area contributed by atoms with E-state index in [2.05, 4.69) is 0 Å². The molecular formula is C19H34O12. The van der Waals surface area contributed by atoms with Gasteiger partial charge < -0.3 is 59.4 Å². The fourth-order valence-corrected chi connectivity index (χ4v) is 4.18. The van der Waals surface area contributed by atoms with Gasteiger partial charge in [-0.15, -0.1) is 0 Å². The van der Waals surface area contributed by atoms with E-state index in [0.717, 1.165) is 0 Å². The molecule has 3 heterocycles. The average Bonchev–Trinajstić information content (AvgIpc) is 2.72. The summed E-state index contributed by atoms with van der Waals surface area (Å²) in [5.74, 6) is 0. The van der Waals surface area contributed by atoms with Crippen molar-refractivity contribution in [1.82, 2.24) is 0 Å². The van der Waals surface area contributed by atoms with Crippen LogP contribution in [0.1, 0.15) is 27.7 Å². The highest BCUT2D eigenvalue weighted by molar-refractivity contribution is 4.95. The summed E-state index contributed by atoms with van der Waals surface area (Å²) in [5, 5.41) is 71.4. The van der Waals surface area contributed by atoms with Gasteiger partial charge in [-0.25, -0.2) is 0 Å². The summed E-state index contributed by atoms with van der Waals surface area (Å²) in [6, 6.07) is 0. The summed E-state index contributed by atoms with van der Waals surface area (Å²) < 4.78 is 27.8. The fraction of sp³-hybridized carbons (Fsp3) is 1.00. The van der Waals surface area contributed by atoms with Crippen molar-refractivity contribution in [2.75, 3.05) is 0 Å². The Morgan fingerprint density at radius 2 is 0.774 bits per heavy atom. The maximum atomic E-state index is 10.6. The summed E-state index contributed by atoms with van der Waals surface area (Å²) in [6.07, 6.45) is -17.9. The van der Waals surface area contributed by atoms with Crippen LogP contribution in [0, 0.1) is 0 Å². The Bertz CT molecular complexity index is 594. The van der Waals surface area contributed by atoms with Crippen molar-refractivity contribution in [2.24, 2.45) is 0 Å². The molecule has 0 aromatic heterocycles. The van der Waals surface area contributed by atoms with Crippen molar-refractivity contribution < 1.29 is 59.4 Å². The lowest BCUT2D eigenvalue weighted by molar-refractivity contribution is -0.365. The van der Waals surface area contributed by atoms with Crippen LogP contribution < -0.4 is 0 Å². The highest BCUT2D eigenvalue weighted by atomic mass is 16.7. The second-order valence-corrected chi connectivity index (χ2v) is 8.60. The Hall–Kier alpha value is -0.480. The van der Waals surface area contributed by atoms with E-state index in [-0.39, 0.29) is 0 Å². The molecule has 3 fully saturated rings. The van der Waals surface area contributed by atoms with Gasteiger partial charge >= 0.3 is 0 Å². The van der Waals surface area contributed by atoms with Crippen LogP contribution >= 0.6 is 0 Å². The van der Waals surface area contributed by atoms with E-state index in [0.29, 0.717) is 0 Å². The molecule has 3 rings (SSSR count). The number of rotatable bonds is 4. The summed E-state index contributed by atoms with van der Waals surface area (Å²) in [5.41, 5.74) is 0. The van der Waals surface area contributed by atoms with Gasteiger partial charge in [0.25, 0.3) is 0 Å². The molecule has 3 saturated heterocycles. The zero-order chi connectivity index (χ0) is 23.2. The second kappa shape index (κ2) is 9.79. The minimum absolute atomic E-state index is 0.609. The second-order valence-electron chi connectivity index (χ2n) is 8.60. The van der Waals surface area contributed by atoms with Gasteiger partial charge in [0.05, 0.1) is 24.4 Å². The van der Waals surface area contributed by atoms with Crippen LogP contribution in [-0.4, -0.2) is 128 Å². The molecule has 31 heavy (non-hydrogen) atoms. The molecule has 9 unspecified atom stereocenters. The highest BCUT2D eigenvalue weighted by Gasteiger charge is 2.51. The summed E-state index contributed by atoms with van der Waals surface area (Å²) in [6.45, 7) is 6.27. The van der Waals surface area contributed by atoms with Gasteiger partial charge in [0.15, 0.2) is 12.6 Å². The molecule has 0 radical (unpaired) electrons. The molecule has 182 valence electrons. The first-order valence-electron chi connectivity index (χ1n) is 10.5. The SMILES string of the molecule is CC1O[C@H](OC2C(C)O[C@H](OC3C(C)O[C@H](C)C(O)[C@H]3O)C(O)[C@H]2O)C(O)[C@@H](O)C1O. The van der Waals surface area contributed by atoms with E-state index < -0.39 is 91.9 Å². The van der Waals surface area contributed by atoms with Gasteiger partial charge in [-0.2, -0.15) is 0 Å². The largest absolute Gasteiger partial charge is 0.388 e. The lowest BCUT2D eigenvalue weighted by atomic mass is 9.95. The normalized spacial score (nSPS) is 56.4. The van der Waals surface area contributed by atoms with E-state index in [1.54, 1.807) is 13.8 Å².